The second kappa shape index (κ2) is 10.8. The van der Waals surface area contributed by atoms with Gasteiger partial charge in [-0.15, -0.1) is 6.58 Å². The molecule has 0 saturated carbocycles. The number of carbonyl (C=O) groups is 2. The molecule has 2 amide bonds. The molecule has 0 saturated heterocycles. The average molecular weight is 483 g/mol. The molecule has 0 fully saturated rings. The van der Waals surface area contributed by atoms with E-state index in [4.69, 9.17) is 0 Å². The van der Waals surface area contributed by atoms with Crippen molar-refractivity contribution in [1.82, 2.24) is 14.5 Å². The van der Waals surface area contributed by atoms with Gasteiger partial charge >= 0.3 is 0 Å². The molecule has 0 aliphatic carbocycles. The summed E-state index contributed by atoms with van der Waals surface area (Å²) >= 11 is 0. The first-order valence-corrected chi connectivity index (χ1v) is 11.5. The highest BCUT2D eigenvalue weighted by molar-refractivity contribution is 6.00. The summed E-state index contributed by atoms with van der Waals surface area (Å²) in [5.74, 6) is -0.834. The normalized spacial score (nSPS) is 10.6. The number of hydrogen-bond donors (Lipinski definition) is 1. The van der Waals surface area contributed by atoms with Gasteiger partial charge in [0.25, 0.3) is 5.91 Å². The van der Waals surface area contributed by atoms with Crippen molar-refractivity contribution in [2.45, 2.75) is 13.8 Å². The Bertz CT molecular complexity index is 1410. The zero-order chi connectivity index (χ0) is 25.7. The minimum atomic E-state index is -0.433. The quantitative estimate of drug-likeness (QED) is 0.334. The minimum Gasteiger partial charge on any atom is -0.326 e. The summed E-state index contributed by atoms with van der Waals surface area (Å²) in [6.07, 6.45) is 3.32. The number of nitrogens with zero attached hydrogens (tertiary/aromatic N) is 3. The van der Waals surface area contributed by atoms with Crippen LogP contribution in [-0.4, -0.2) is 39.4 Å². The molecule has 182 valence electrons. The zero-order valence-corrected chi connectivity index (χ0v) is 20.2. The molecule has 1 N–H and O–H groups in total. The number of halogens is 1. The molecule has 6 nitrogen and oxygen atoms in total. The van der Waals surface area contributed by atoms with Crippen molar-refractivity contribution in [3.05, 3.63) is 114 Å². The van der Waals surface area contributed by atoms with Crippen LogP contribution >= 0.6 is 0 Å². The summed E-state index contributed by atoms with van der Waals surface area (Å²) in [6, 6.07) is 21.5. The van der Waals surface area contributed by atoms with E-state index in [-0.39, 0.29) is 30.8 Å². The van der Waals surface area contributed by atoms with Crippen LogP contribution in [0.4, 0.5) is 10.3 Å². The highest BCUT2D eigenvalue weighted by atomic mass is 19.1. The van der Waals surface area contributed by atoms with Gasteiger partial charge in [-0.3, -0.25) is 19.5 Å². The van der Waals surface area contributed by atoms with E-state index in [2.05, 4.69) is 16.9 Å². The Labute approximate surface area is 209 Å². The van der Waals surface area contributed by atoms with E-state index >= 15 is 0 Å². The van der Waals surface area contributed by atoms with E-state index in [0.29, 0.717) is 22.5 Å². The van der Waals surface area contributed by atoms with Gasteiger partial charge < -0.3 is 4.90 Å². The number of hydrogen-bond acceptors (Lipinski definition) is 3. The van der Waals surface area contributed by atoms with Crippen LogP contribution in [0.2, 0.25) is 0 Å². The first kappa shape index (κ1) is 24.6. The molecule has 0 spiro atoms. The van der Waals surface area contributed by atoms with Gasteiger partial charge in [0.2, 0.25) is 11.9 Å². The Hall–Kier alpha value is -4.52. The maximum Gasteiger partial charge on any atom is 0.254 e. The number of amides is 2. The monoisotopic (exact) mass is 482 g/mol. The lowest BCUT2D eigenvalue weighted by Gasteiger charge is -2.21. The molecule has 1 heterocycles. The molecule has 7 heteroatoms. The third-order valence-electron chi connectivity index (χ3n) is 5.81. The first-order chi connectivity index (χ1) is 17.4. The number of carbonyl (C=O) groups excluding carboxylic acids is 2. The predicted molar refractivity (Wildman–Crippen MR) is 140 cm³/mol. The van der Waals surface area contributed by atoms with Gasteiger partial charge in [0.15, 0.2) is 0 Å². The summed E-state index contributed by atoms with van der Waals surface area (Å²) in [5, 5.41) is 2.81. The van der Waals surface area contributed by atoms with Crippen LogP contribution in [0.5, 0.6) is 0 Å². The van der Waals surface area contributed by atoms with Crippen molar-refractivity contribution in [1.29, 1.82) is 0 Å². The standard InChI is InChI=1S/C29H27FN4O2/c1-4-16-33(28(36)24-13-9-8-10-20(24)2)19-27(35)32-29-31-26(22-11-6-5-7-12-22)18-34(29)23-15-14-21(3)25(30)17-23/h4-15,17-18H,1,16,19H2,2-3H3,(H,31,32,35). The molecule has 1 aromatic heterocycles. The van der Waals surface area contributed by atoms with E-state index in [1.807, 2.05) is 49.4 Å². The third kappa shape index (κ3) is 5.41. The Morgan fingerprint density at radius 1 is 1.03 bits per heavy atom. The molecule has 3 aromatic carbocycles. The van der Waals surface area contributed by atoms with Crippen molar-refractivity contribution in [2.75, 3.05) is 18.4 Å². The van der Waals surface area contributed by atoms with E-state index < -0.39 is 5.91 Å². The van der Waals surface area contributed by atoms with Crippen LogP contribution in [0, 0.1) is 19.7 Å². The molecule has 0 aliphatic rings. The second-order valence-electron chi connectivity index (χ2n) is 8.46. The van der Waals surface area contributed by atoms with Gasteiger partial charge in [0.05, 0.1) is 11.4 Å². The lowest BCUT2D eigenvalue weighted by molar-refractivity contribution is -0.116. The molecular weight excluding hydrogens is 455 g/mol. The fourth-order valence-corrected chi connectivity index (χ4v) is 3.84. The number of aryl methyl sites for hydroxylation is 2. The van der Waals surface area contributed by atoms with Crippen LogP contribution < -0.4 is 5.32 Å². The number of aromatic nitrogens is 2. The zero-order valence-electron chi connectivity index (χ0n) is 20.2. The van der Waals surface area contributed by atoms with Crippen molar-refractivity contribution in [2.24, 2.45) is 0 Å². The minimum absolute atomic E-state index is 0.199. The van der Waals surface area contributed by atoms with Crippen molar-refractivity contribution >= 4 is 17.8 Å². The topological polar surface area (TPSA) is 67.2 Å². The summed E-state index contributed by atoms with van der Waals surface area (Å²) in [5.41, 5.74) is 3.84. The van der Waals surface area contributed by atoms with Crippen LogP contribution in [0.3, 0.4) is 0 Å². The molecule has 0 unspecified atom stereocenters. The molecule has 36 heavy (non-hydrogen) atoms. The molecular formula is C29H27FN4O2. The molecule has 0 bridgehead atoms. The maximum absolute atomic E-state index is 14.4. The van der Waals surface area contributed by atoms with Crippen molar-refractivity contribution in [3.8, 4) is 16.9 Å². The van der Waals surface area contributed by atoms with Gasteiger partial charge in [0, 0.05) is 23.9 Å². The number of rotatable bonds is 8. The Morgan fingerprint density at radius 3 is 2.44 bits per heavy atom. The van der Waals surface area contributed by atoms with E-state index in [0.717, 1.165) is 11.1 Å². The predicted octanol–water partition coefficient (Wildman–Crippen LogP) is 5.56. The number of anilines is 1. The SMILES string of the molecule is C=CCN(CC(=O)Nc1nc(-c2ccccc2)cn1-c1ccc(C)c(F)c1)C(=O)c1ccccc1C. The highest BCUT2D eigenvalue weighted by Crippen LogP contribution is 2.25. The van der Waals surface area contributed by atoms with Gasteiger partial charge in [-0.2, -0.15) is 0 Å². The summed E-state index contributed by atoms with van der Waals surface area (Å²) in [6.45, 7) is 7.26. The summed E-state index contributed by atoms with van der Waals surface area (Å²) in [7, 11) is 0. The van der Waals surface area contributed by atoms with Gasteiger partial charge in [0.1, 0.15) is 12.4 Å². The highest BCUT2D eigenvalue weighted by Gasteiger charge is 2.21. The van der Waals surface area contributed by atoms with Crippen LogP contribution in [-0.2, 0) is 4.79 Å². The third-order valence-corrected chi connectivity index (χ3v) is 5.81. The van der Waals surface area contributed by atoms with Gasteiger partial charge in [-0.25, -0.2) is 9.37 Å². The smallest absolute Gasteiger partial charge is 0.254 e. The Kier molecular flexibility index (Phi) is 7.39. The Balaban J connectivity index is 1.63. The largest absolute Gasteiger partial charge is 0.326 e. The number of nitrogens with one attached hydrogen (secondary N) is 1. The van der Waals surface area contributed by atoms with Crippen LogP contribution in [0.1, 0.15) is 21.5 Å². The van der Waals surface area contributed by atoms with Gasteiger partial charge in [-0.05, 0) is 43.2 Å². The fourth-order valence-electron chi connectivity index (χ4n) is 3.84. The summed E-state index contributed by atoms with van der Waals surface area (Å²) < 4.78 is 16.0. The van der Waals surface area contributed by atoms with E-state index in [1.54, 1.807) is 48.0 Å². The van der Waals surface area contributed by atoms with Crippen LogP contribution in [0.15, 0.2) is 91.6 Å². The number of benzene rings is 3. The van der Waals surface area contributed by atoms with Crippen molar-refractivity contribution in [3.63, 3.8) is 0 Å². The Morgan fingerprint density at radius 2 is 1.75 bits per heavy atom. The van der Waals surface area contributed by atoms with E-state index in [1.165, 1.54) is 11.0 Å². The molecule has 4 rings (SSSR count). The average Bonchev–Trinajstić information content (AvgIpc) is 3.29. The molecule has 0 atom stereocenters. The van der Waals surface area contributed by atoms with E-state index in [9.17, 15) is 14.0 Å². The second-order valence-corrected chi connectivity index (χ2v) is 8.46. The number of imidazole rings is 1. The molecule has 0 aliphatic heterocycles. The summed E-state index contributed by atoms with van der Waals surface area (Å²) in [4.78, 5) is 32.3. The lowest BCUT2D eigenvalue weighted by atomic mass is 10.1. The molecule has 4 aromatic rings. The van der Waals surface area contributed by atoms with Crippen LogP contribution in [0.25, 0.3) is 16.9 Å². The maximum atomic E-state index is 14.4. The van der Waals surface area contributed by atoms with Gasteiger partial charge in [-0.1, -0.05) is 60.7 Å². The first-order valence-electron chi connectivity index (χ1n) is 11.5. The van der Waals surface area contributed by atoms with Crippen molar-refractivity contribution < 1.29 is 14.0 Å². The molecule has 0 radical (unpaired) electrons. The fraction of sp³-hybridized carbons (Fsp3) is 0.138. The lowest BCUT2D eigenvalue weighted by Crippen LogP contribution is -2.38.